The highest BCUT2D eigenvalue weighted by Crippen LogP contribution is 2.31. The molecule has 2 heterocycles. The number of aryl methyl sites for hydroxylation is 1. The zero-order valence-electron chi connectivity index (χ0n) is 18.3. The van der Waals surface area contributed by atoms with E-state index >= 15 is 0 Å². The number of aromatic nitrogens is 1. The van der Waals surface area contributed by atoms with Crippen LogP contribution in [0.25, 0.3) is 10.9 Å². The summed E-state index contributed by atoms with van der Waals surface area (Å²) in [5.74, 6) is 0.162. The SMILES string of the molecule is Cc1c(C(=O)Oc2cccc3cccnc23)oc2c1/C(=N/NC(=O)c1cccc(Cl)c1)CCC2. The van der Waals surface area contributed by atoms with Crippen LogP contribution >= 0.6 is 11.6 Å². The van der Waals surface area contributed by atoms with Gasteiger partial charge in [0.1, 0.15) is 11.3 Å². The van der Waals surface area contributed by atoms with E-state index in [4.69, 9.17) is 20.8 Å². The number of para-hydroxylation sites is 1. The van der Waals surface area contributed by atoms with Crippen LogP contribution in [0.3, 0.4) is 0 Å². The Bertz CT molecular complexity index is 1450. The van der Waals surface area contributed by atoms with Gasteiger partial charge in [-0.15, -0.1) is 0 Å². The molecule has 4 aromatic rings. The first kappa shape index (κ1) is 21.9. The molecule has 2 aromatic heterocycles. The summed E-state index contributed by atoms with van der Waals surface area (Å²) < 4.78 is 11.6. The van der Waals surface area contributed by atoms with Gasteiger partial charge in [-0.2, -0.15) is 5.10 Å². The molecule has 170 valence electrons. The number of pyridine rings is 1. The molecule has 0 aliphatic heterocycles. The monoisotopic (exact) mass is 473 g/mol. The number of carbonyl (C=O) groups is 2. The minimum absolute atomic E-state index is 0.119. The zero-order valence-corrected chi connectivity index (χ0v) is 19.1. The maximum absolute atomic E-state index is 13.0. The van der Waals surface area contributed by atoms with Gasteiger partial charge in [0, 0.05) is 39.7 Å². The van der Waals surface area contributed by atoms with Crippen LogP contribution < -0.4 is 10.2 Å². The van der Waals surface area contributed by atoms with E-state index in [9.17, 15) is 9.59 Å². The Hall–Kier alpha value is -3.97. The summed E-state index contributed by atoms with van der Waals surface area (Å²) in [6.45, 7) is 1.79. The molecule has 7 nitrogen and oxygen atoms in total. The lowest BCUT2D eigenvalue weighted by molar-refractivity contribution is 0.0700. The average Bonchev–Trinajstić information content (AvgIpc) is 3.20. The van der Waals surface area contributed by atoms with E-state index in [1.54, 1.807) is 49.5 Å². The van der Waals surface area contributed by atoms with Crippen molar-refractivity contribution >= 4 is 40.1 Å². The molecule has 1 amide bonds. The lowest BCUT2D eigenvalue weighted by atomic mass is 9.93. The Morgan fingerprint density at radius 1 is 1.12 bits per heavy atom. The second-order valence-corrected chi connectivity index (χ2v) is 8.37. The minimum Gasteiger partial charge on any atom is -0.453 e. The van der Waals surface area contributed by atoms with E-state index in [1.165, 1.54) is 0 Å². The molecule has 5 rings (SSSR count). The molecule has 2 aromatic carbocycles. The Morgan fingerprint density at radius 3 is 2.79 bits per heavy atom. The van der Waals surface area contributed by atoms with Gasteiger partial charge in [-0.1, -0.05) is 35.9 Å². The number of nitrogens with zero attached hydrogens (tertiary/aromatic N) is 2. The van der Waals surface area contributed by atoms with Crippen molar-refractivity contribution in [2.45, 2.75) is 26.2 Å². The van der Waals surface area contributed by atoms with Gasteiger partial charge < -0.3 is 9.15 Å². The molecule has 0 saturated heterocycles. The molecule has 0 atom stereocenters. The number of hydrazone groups is 1. The van der Waals surface area contributed by atoms with Gasteiger partial charge in [-0.3, -0.25) is 9.78 Å². The van der Waals surface area contributed by atoms with E-state index in [0.29, 0.717) is 51.7 Å². The molecular weight excluding hydrogens is 454 g/mol. The number of ether oxygens (including phenoxy) is 1. The molecule has 0 unspecified atom stereocenters. The van der Waals surface area contributed by atoms with Crippen molar-refractivity contribution in [2.75, 3.05) is 0 Å². The number of hydrogen-bond donors (Lipinski definition) is 1. The highest BCUT2D eigenvalue weighted by atomic mass is 35.5. The van der Waals surface area contributed by atoms with E-state index < -0.39 is 5.97 Å². The maximum atomic E-state index is 13.0. The van der Waals surface area contributed by atoms with Gasteiger partial charge in [0.05, 0.1) is 5.71 Å². The van der Waals surface area contributed by atoms with Crippen LogP contribution in [0.15, 0.2) is 70.3 Å². The number of fused-ring (bicyclic) bond motifs is 2. The summed E-state index contributed by atoms with van der Waals surface area (Å²) >= 11 is 5.97. The number of esters is 1. The molecule has 34 heavy (non-hydrogen) atoms. The summed E-state index contributed by atoms with van der Waals surface area (Å²) in [5.41, 5.74) is 5.61. The fourth-order valence-corrected chi connectivity index (χ4v) is 4.28. The summed E-state index contributed by atoms with van der Waals surface area (Å²) in [7, 11) is 0. The lowest BCUT2D eigenvalue weighted by Crippen LogP contribution is -2.22. The largest absolute Gasteiger partial charge is 0.453 e. The van der Waals surface area contributed by atoms with Crippen molar-refractivity contribution in [3.8, 4) is 5.75 Å². The molecule has 0 bridgehead atoms. The summed E-state index contributed by atoms with van der Waals surface area (Å²) in [4.78, 5) is 29.8. The van der Waals surface area contributed by atoms with Crippen LogP contribution in [-0.4, -0.2) is 22.6 Å². The second kappa shape index (κ2) is 9.11. The number of halogens is 1. The van der Waals surface area contributed by atoms with Gasteiger partial charge in [0.2, 0.25) is 5.76 Å². The average molecular weight is 474 g/mol. The quantitative estimate of drug-likeness (QED) is 0.240. The third-order valence-corrected chi connectivity index (χ3v) is 5.92. The maximum Gasteiger partial charge on any atom is 0.380 e. The molecule has 1 aliphatic carbocycles. The third kappa shape index (κ3) is 4.18. The van der Waals surface area contributed by atoms with Gasteiger partial charge >= 0.3 is 5.97 Å². The predicted octanol–water partition coefficient (Wildman–Crippen LogP) is 5.48. The van der Waals surface area contributed by atoms with Crippen molar-refractivity contribution in [2.24, 2.45) is 5.10 Å². The number of nitrogens with one attached hydrogen (secondary N) is 1. The Morgan fingerprint density at radius 2 is 1.94 bits per heavy atom. The first-order valence-corrected chi connectivity index (χ1v) is 11.2. The van der Waals surface area contributed by atoms with E-state index in [0.717, 1.165) is 17.4 Å². The Labute approximate surface area is 200 Å². The number of amides is 1. The van der Waals surface area contributed by atoms with Crippen molar-refractivity contribution in [1.82, 2.24) is 10.4 Å². The molecular formula is C26H20ClN3O4. The lowest BCUT2D eigenvalue weighted by Gasteiger charge is -2.13. The zero-order chi connectivity index (χ0) is 23.7. The first-order chi connectivity index (χ1) is 16.5. The van der Waals surface area contributed by atoms with Crippen LogP contribution in [0.1, 0.15) is 50.6 Å². The van der Waals surface area contributed by atoms with Crippen molar-refractivity contribution in [1.29, 1.82) is 0 Å². The number of carbonyl (C=O) groups excluding carboxylic acids is 2. The highest BCUT2D eigenvalue weighted by molar-refractivity contribution is 6.31. The standard InChI is InChI=1S/C26H20ClN3O4/c1-15-22-19(29-30-25(31)17-7-2-9-18(27)14-17)10-4-11-20(22)33-24(15)26(32)34-21-12-3-6-16-8-5-13-28-23(16)21/h2-3,5-9,12-14H,4,10-11H2,1H3,(H,30,31)/b29-19+. The van der Waals surface area contributed by atoms with Crippen LogP contribution in [-0.2, 0) is 6.42 Å². The molecule has 0 saturated carbocycles. The van der Waals surface area contributed by atoms with Crippen LogP contribution in [0, 0.1) is 6.92 Å². The minimum atomic E-state index is -0.604. The molecule has 0 spiro atoms. The number of benzene rings is 2. The van der Waals surface area contributed by atoms with Crippen LogP contribution in [0.5, 0.6) is 5.75 Å². The summed E-state index contributed by atoms with van der Waals surface area (Å²) in [6, 6.07) is 15.8. The number of furan rings is 1. The van der Waals surface area contributed by atoms with Crippen molar-refractivity contribution < 1.29 is 18.7 Å². The van der Waals surface area contributed by atoms with Crippen molar-refractivity contribution in [3.05, 3.63) is 94.0 Å². The summed E-state index contributed by atoms with van der Waals surface area (Å²) in [5, 5.41) is 5.68. The topological polar surface area (TPSA) is 93.8 Å². The van der Waals surface area contributed by atoms with Gasteiger partial charge in [-0.05, 0) is 50.1 Å². The smallest absolute Gasteiger partial charge is 0.380 e. The molecule has 1 aliphatic rings. The highest BCUT2D eigenvalue weighted by Gasteiger charge is 2.29. The van der Waals surface area contributed by atoms with E-state index in [-0.39, 0.29) is 11.7 Å². The van der Waals surface area contributed by atoms with Gasteiger partial charge in [-0.25, -0.2) is 10.2 Å². The van der Waals surface area contributed by atoms with E-state index in [1.807, 2.05) is 18.2 Å². The number of hydrogen-bond acceptors (Lipinski definition) is 6. The fourth-order valence-electron chi connectivity index (χ4n) is 4.09. The molecule has 8 heteroatoms. The van der Waals surface area contributed by atoms with E-state index in [2.05, 4.69) is 15.5 Å². The van der Waals surface area contributed by atoms with Gasteiger partial charge in [0.15, 0.2) is 5.75 Å². The Balaban J connectivity index is 1.41. The van der Waals surface area contributed by atoms with Gasteiger partial charge in [0.25, 0.3) is 5.91 Å². The second-order valence-electron chi connectivity index (χ2n) is 7.94. The molecule has 0 fully saturated rings. The molecule has 1 N–H and O–H groups in total. The Kier molecular flexibility index (Phi) is 5.86. The van der Waals surface area contributed by atoms with Crippen LogP contribution in [0.4, 0.5) is 0 Å². The fraction of sp³-hybridized carbons (Fsp3) is 0.154. The summed E-state index contributed by atoms with van der Waals surface area (Å²) in [6.07, 6.45) is 3.75. The predicted molar refractivity (Wildman–Crippen MR) is 129 cm³/mol. The first-order valence-electron chi connectivity index (χ1n) is 10.8. The normalized spacial score (nSPS) is 14.1. The third-order valence-electron chi connectivity index (χ3n) is 5.69. The van der Waals surface area contributed by atoms with Crippen molar-refractivity contribution in [3.63, 3.8) is 0 Å². The number of rotatable bonds is 4. The van der Waals surface area contributed by atoms with Crippen LogP contribution in [0.2, 0.25) is 5.02 Å². The molecule has 0 radical (unpaired) electrons.